The van der Waals surface area contributed by atoms with Crippen LogP contribution in [-0.4, -0.2) is 9.97 Å². The van der Waals surface area contributed by atoms with E-state index < -0.39 is 0 Å². The number of nitrogens with two attached hydrogens (primary N) is 1. The van der Waals surface area contributed by atoms with Crippen molar-refractivity contribution in [2.45, 2.75) is 6.42 Å². The van der Waals surface area contributed by atoms with Crippen LogP contribution in [0, 0.1) is 0 Å². The summed E-state index contributed by atoms with van der Waals surface area (Å²) in [5.74, 6) is 0. The van der Waals surface area contributed by atoms with Crippen LogP contribution in [0.2, 0.25) is 0 Å². The maximum absolute atomic E-state index is 5.90. The first-order valence-electron chi connectivity index (χ1n) is 4.84. The van der Waals surface area contributed by atoms with Crippen molar-refractivity contribution in [3.8, 4) is 0 Å². The number of hydrogen-bond acceptors (Lipinski definition) is 5. The van der Waals surface area contributed by atoms with Gasteiger partial charge in [-0.25, -0.2) is 4.98 Å². The summed E-state index contributed by atoms with van der Waals surface area (Å²) in [7, 11) is 0. The van der Waals surface area contributed by atoms with Crippen molar-refractivity contribution in [1.29, 1.82) is 0 Å². The predicted octanol–water partition coefficient (Wildman–Crippen LogP) is 3.77. The zero-order valence-corrected chi connectivity index (χ0v) is 12.5. The van der Waals surface area contributed by atoms with Crippen molar-refractivity contribution in [1.82, 2.24) is 9.97 Å². The lowest BCUT2D eigenvalue weighted by Crippen LogP contribution is -1.83. The van der Waals surface area contributed by atoms with Gasteiger partial charge in [-0.3, -0.25) is 4.98 Å². The average Bonchev–Trinajstić information content (AvgIpc) is 2.88. The molecule has 0 aliphatic rings. The van der Waals surface area contributed by atoms with Gasteiger partial charge in [0, 0.05) is 29.1 Å². The molecule has 0 aliphatic heterocycles. The Bertz CT molecular complexity index is 622. The number of rotatable bonds is 2. The second-order valence-corrected chi connectivity index (χ2v) is 5.55. The summed E-state index contributed by atoms with van der Waals surface area (Å²) in [5.41, 5.74) is 7.69. The minimum Gasteiger partial charge on any atom is -0.397 e. The molecule has 0 aromatic carbocycles. The summed E-state index contributed by atoms with van der Waals surface area (Å²) >= 11 is 3.38. The quantitative estimate of drug-likeness (QED) is 0.782. The summed E-state index contributed by atoms with van der Waals surface area (Å²) < 4.78 is 1.08. The number of nitrogens with zero attached hydrogens (tertiary/aromatic N) is 2. The molecule has 0 saturated heterocycles. The number of nitrogen functional groups attached to an aromatic ring is 1. The number of pyridine rings is 1. The third-order valence-corrected chi connectivity index (χ3v) is 4.26. The van der Waals surface area contributed by atoms with Crippen LogP contribution in [0.1, 0.15) is 9.88 Å². The highest BCUT2D eigenvalue weighted by molar-refractivity contribution is 7.19. The van der Waals surface area contributed by atoms with E-state index in [0.717, 1.165) is 27.3 Å². The minimum absolute atomic E-state index is 0. The highest BCUT2D eigenvalue weighted by Gasteiger charge is 2.07. The molecular weight excluding hydrogens is 309 g/mol. The molecule has 18 heavy (non-hydrogen) atoms. The average molecular weight is 320 g/mol. The predicted molar refractivity (Wildman–Crippen MR) is 83.4 cm³/mol. The SMILES string of the molecule is Cl.Cl.Nc1ccnc2cc(Cc3nccs3)sc12. The third-order valence-electron chi connectivity index (χ3n) is 2.30. The number of thiazole rings is 1. The zero-order chi connectivity index (χ0) is 11.0. The van der Waals surface area contributed by atoms with Gasteiger partial charge in [-0.2, -0.15) is 0 Å². The molecule has 7 heteroatoms. The van der Waals surface area contributed by atoms with E-state index >= 15 is 0 Å². The first-order valence-corrected chi connectivity index (χ1v) is 6.54. The van der Waals surface area contributed by atoms with Gasteiger partial charge < -0.3 is 5.73 Å². The molecule has 0 aliphatic carbocycles. The lowest BCUT2D eigenvalue weighted by atomic mass is 10.3. The molecule has 0 radical (unpaired) electrons. The summed E-state index contributed by atoms with van der Waals surface area (Å²) in [6.45, 7) is 0. The Balaban J connectivity index is 0.000000810. The standard InChI is InChI=1S/C11H9N3S2.2ClH/c12-8-1-2-13-9-5-7(16-11(8)9)6-10-14-3-4-15-10;;/h1-5H,6H2,(H2,12,13);2*1H. The third kappa shape index (κ3) is 2.92. The minimum atomic E-state index is 0. The largest absolute Gasteiger partial charge is 0.397 e. The normalized spacial score (nSPS) is 9.78. The fraction of sp³-hybridized carbons (Fsp3) is 0.0909. The fourth-order valence-corrected chi connectivity index (χ4v) is 3.36. The topological polar surface area (TPSA) is 51.8 Å². The molecule has 3 nitrogen and oxygen atoms in total. The molecule has 0 amide bonds. The lowest BCUT2D eigenvalue weighted by molar-refractivity contribution is 1.17. The first kappa shape index (κ1) is 15.2. The molecule has 0 unspecified atom stereocenters. The van der Waals surface area contributed by atoms with Crippen LogP contribution in [0.4, 0.5) is 5.69 Å². The first-order chi connectivity index (χ1) is 7.83. The van der Waals surface area contributed by atoms with Crippen molar-refractivity contribution >= 4 is 63.4 Å². The van der Waals surface area contributed by atoms with Crippen LogP contribution in [0.15, 0.2) is 29.9 Å². The second-order valence-electron chi connectivity index (χ2n) is 3.43. The summed E-state index contributed by atoms with van der Waals surface area (Å²) in [4.78, 5) is 9.84. The smallest absolute Gasteiger partial charge is 0.0977 e. The van der Waals surface area contributed by atoms with Gasteiger partial charge in [0.1, 0.15) is 0 Å². The molecule has 3 aromatic heterocycles. The highest BCUT2D eigenvalue weighted by Crippen LogP contribution is 2.30. The van der Waals surface area contributed by atoms with Crippen LogP contribution in [0.3, 0.4) is 0 Å². The molecule has 96 valence electrons. The van der Waals surface area contributed by atoms with Crippen molar-refractivity contribution in [3.63, 3.8) is 0 Å². The van der Waals surface area contributed by atoms with Gasteiger partial charge in [-0.15, -0.1) is 47.5 Å². The van der Waals surface area contributed by atoms with Gasteiger partial charge in [0.15, 0.2) is 0 Å². The van der Waals surface area contributed by atoms with Crippen molar-refractivity contribution in [2.24, 2.45) is 0 Å². The molecule has 0 bridgehead atoms. The molecular formula is C11H11Cl2N3S2. The number of anilines is 1. The number of fused-ring (bicyclic) bond motifs is 1. The van der Waals surface area contributed by atoms with E-state index in [1.807, 2.05) is 17.6 Å². The Kier molecular flexibility index (Phi) is 5.34. The lowest BCUT2D eigenvalue weighted by Gasteiger charge is -1.91. The Hall–Kier alpha value is -0.880. The van der Waals surface area contributed by atoms with Crippen molar-refractivity contribution < 1.29 is 0 Å². The van der Waals surface area contributed by atoms with Crippen LogP contribution in [0.25, 0.3) is 10.2 Å². The maximum Gasteiger partial charge on any atom is 0.0977 e. The van der Waals surface area contributed by atoms with Gasteiger partial charge in [0.2, 0.25) is 0 Å². The molecule has 0 saturated carbocycles. The van der Waals surface area contributed by atoms with Crippen LogP contribution in [0.5, 0.6) is 0 Å². The van der Waals surface area contributed by atoms with Crippen LogP contribution < -0.4 is 5.73 Å². The summed E-state index contributed by atoms with van der Waals surface area (Å²) in [6, 6.07) is 3.93. The molecule has 0 atom stereocenters. The van der Waals surface area contributed by atoms with Gasteiger partial charge >= 0.3 is 0 Å². The van der Waals surface area contributed by atoms with Gasteiger partial charge in [-0.05, 0) is 12.1 Å². The zero-order valence-electron chi connectivity index (χ0n) is 9.20. The van der Waals surface area contributed by atoms with E-state index in [1.165, 1.54) is 4.88 Å². The molecule has 0 fully saturated rings. The Morgan fingerprint density at radius 2 is 2.00 bits per heavy atom. The van der Waals surface area contributed by atoms with Crippen molar-refractivity contribution in [3.05, 3.63) is 39.8 Å². The number of thiophene rings is 1. The Labute approximate surface area is 125 Å². The number of hydrogen-bond donors (Lipinski definition) is 1. The van der Waals surface area contributed by atoms with E-state index in [4.69, 9.17) is 5.73 Å². The van der Waals surface area contributed by atoms with Crippen LogP contribution >= 0.6 is 47.5 Å². The van der Waals surface area contributed by atoms with Gasteiger partial charge in [-0.1, -0.05) is 0 Å². The highest BCUT2D eigenvalue weighted by atomic mass is 35.5. The molecule has 3 heterocycles. The van der Waals surface area contributed by atoms with E-state index in [2.05, 4.69) is 16.0 Å². The van der Waals surface area contributed by atoms with Gasteiger partial charge in [0.25, 0.3) is 0 Å². The number of halogens is 2. The monoisotopic (exact) mass is 319 g/mol. The maximum atomic E-state index is 5.90. The summed E-state index contributed by atoms with van der Waals surface area (Å²) in [6.07, 6.45) is 4.45. The molecule has 3 aromatic rings. The molecule has 2 N–H and O–H groups in total. The fourth-order valence-electron chi connectivity index (χ4n) is 1.58. The Morgan fingerprint density at radius 3 is 2.67 bits per heavy atom. The Morgan fingerprint density at radius 1 is 1.17 bits per heavy atom. The molecule has 3 rings (SSSR count). The number of aromatic nitrogens is 2. The van der Waals surface area contributed by atoms with Gasteiger partial charge in [0.05, 0.1) is 20.9 Å². The van der Waals surface area contributed by atoms with Crippen LogP contribution in [-0.2, 0) is 6.42 Å². The van der Waals surface area contributed by atoms with E-state index in [-0.39, 0.29) is 24.8 Å². The van der Waals surface area contributed by atoms with E-state index in [1.54, 1.807) is 28.9 Å². The van der Waals surface area contributed by atoms with E-state index in [0.29, 0.717) is 0 Å². The summed E-state index contributed by atoms with van der Waals surface area (Å²) in [5, 5.41) is 3.13. The molecule has 0 spiro atoms. The van der Waals surface area contributed by atoms with Crippen molar-refractivity contribution in [2.75, 3.05) is 5.73 Å². The second kappa shape index (κ2) is 6.33. The van der Waals surface area contributed by atoms with E-state index in [9.17, 15) is 0 Å².